The van der Waals surface area contributed by atoms with Gasteiger partial charge in [-0.3, -0.25) is 4.79 Å². The van der Waals surface area contributed by atoms with Gasteiger partial charge in [-0.15, -0.1) is 0 Å². The SMILES string of the molecule is Cc1nn(-c2ccccc2)c2[nH]c(=O)c(CNc3ccccc3N3CCOCC3)cc12. The van der Waals surface area contributed by atoms with Gasteiger partial charge in [-0.2, -0.15) is 5.10 Å². The summed E-state index contributed by atoms with van der Waals surface area (Å²) in [5.41, 5.74) is 5.23. The van der Waals surface area contributed by atoms with Crippen molar-refractivity contribution < 1.29 is 4.74 Å². The molecule has 0 bridgehead atoms. The second-order valence-corrected chi connectivity index (χ2v) is 7.69. The number of para-hydroxylation sites is 3. The molecule has 31 heavy (non-hydrogen) atoms. The molecule has 0 saturated carbocycles. The van der Waals surface area contributed by atoms with Crippen molar-refractivity contribution in [2.75, 3.05) is 36.5 Å². The number of nitrogens with zero attached hydrogens (tertiary/aromatic N) is 3. The molecule has 7 nitrogen and oxygen atoms in total. The van der Waals surface area contributed by atoms with Gasteiger partial charge in [0.2, 0.25) is 0 Å². The third-order valence-corrected chi connectivity index (χ3v) is 5.67. The number of aromatic amines is 1. The first-order chi connectivity index (χ1) is 15.2. The highest BCUT2D eigenvalue weighted by Crippen LogP contribution is 2.27. The largest absolute Gasteiger partial charge is 0.379 e. The van der Waals surface area contributed by atoms with E-state index in [4.69, 9.17) is 4.74 Å². The Bertz CT molecular complexity index is 1260. The van der Waals surface area contributed by atoms with Gasteiger partial charge in [-0.1, -0.05) is 30.3 Å². The lowest BCUT2D eigenvalue weighted by Crippen LogP contribution is -2.36. The van der Waals surface area contributed by atoms with Gasteiger partial charge in [-0.05, 0) is 37.3 Å². The van der Waals surface area contributed by atoms with E-state index < -0.39 is 0 Å². The van der Waals surface area contributed by atoms with Gasteiger partial charge in [0, 0.05) is 30.6 Å². The summed E-state index contributed by atoms with van der Waals surface area (Å²) in [7, 11) is 0. The minimum Gasteiger partial charge on any atom is -0.379 e. The minimum absolute atomic E-state index is 0.110. The van der Waals surface area contributed by atoms with Gasteiger partial charge >= 0.3 is 0 Å². The maximum absolute atomic E-state index is 12.9. The van der Waals surface area contributed by atoms with E-state index >= 15 is 0 Å². The van der Waals surface area contributed by atoms with Crippen LogP contribution in [0.4, 0.5) is 11.4 Å². The third kappa shape index (κ3) is 3.80. The highest BCUT2D eigenvalue weighted by atomic mass is 16.5. The molecule has 1 saturated heterocycles. The summed E-state index contributed by atoms with van der Waals surface area (Å²) >= 11 is 0. The van der Waals surface area contributed by atoms with Crippen molar-refractivity contribution in [3.05, 3.63) is 82.3 Å². The molecule has 5 rings (SSSR count). The molecule has 2 N–H and O–H groups in total. The van der Waals surface area contributed by atoms with Gasteiger partial charge in [0.15, 0.2) is 0 Å². The fraction of sp³-hybridized carbons (Fsp3) is 0.250. The van der Waals surface area contributed by atoms with Crippen LogP contribution < -0.4 is 15.8 Å². The molecule has 7 heteroatoms. The summed E-state index contributed by atoms with van der Waals surface area (Å²) in [6.45, 7) is 5.59. The highest BCUT2D eigenvalue weighted by Gasteiger charge is 2.16. The predicted molar refractivity (Wildman–Crippen MR) is 123 cm³/mol. The van der Waals surface area contributed by atoms with Crippen molar-refractivity contribution in [3.8, 4) is 5.69 Å². The van der Waals surface area contributed by atoms with Crippen LogP contribution in [0.5, 0.6) is 0 Å². The molecule has 1 aliphatic heterocycles. The van der Waals surface area contributed by atoms with Crippen LogP contribution in [0, 0.1) is 6.92 Å². The molecule has 2 aromatic heterocycles. The molecule has 0 unspecified atom stereocenters. The lowest BCUT2D eigenvalue weighted by Gasteiger charge is -2.30. The number of aryl methyl sites for hydroxylation is 1. The number of nitrogens with one attached hydrogen (secondary N) is 2. The summed E-state index contributed by atoms with van der Waals surface area (Å²) < 4.78 is 7.27. The molecule has 0 aliphatic carbocycles. The van der Waals surface area contributed by atoms with E-state index in [2.05, 4.69) is 32.4 Å². The smallest absolute Gasteiger partial charge is 0.254 e. The molecule has 158 valence electrons. The molecule has 1 fully saturated rings. The van der Waals surface area contributed by atoms with E-state index in [1.165, 1.54) is 0 Å². The third-order valence-electron chi connectivity index (χ3n) is 5.67. The van der Waals surface area contributed by atoms with Gasteiger partial charge < -0.3 is 19.9 Å². The molecule has 2 aromatic carbocycles. The number of hydrogen-bond acceptors (Lipinski definition) is 5. The second-order valence-electron chi connectivity index (χ2n) is 7.69. The Hall–Kier alpha value is -3.58. The van der Waals surface area contributed by atoms with Crippen molar-refractivity contribution in [2.24, 2.45) is 0 Å². The fourth-order valence-electron chi connectivity index (χ4n) is 4.04. The summed E-state index contributed by atoms with van der Waals surface area (Å²) in [6, 6.07) is 20.0. The normalized spacial score (nSPS) is 14.2. The standard InChI is InChI=1S/C24H25N5O2/c1-17-20-15-18(24(30)26-23(20)29(27-17)19-7-3-2-4-8-19)16-25-21-9-5-6-10-22(21)28-11-13-31-14-12-28/h2-10,15,25H,11-14,16H2,1H3,(H,26,30). The maximum Gasteiger partial charge on any atom is 0.254 e. The molecule has 1 aliphatic rings. The van der Waals surface area contributed by atoms with Gasteiger partial charge in [0.05, 0.1) is 36.0 Å². The monoisotopic (exact) mass is 415 g/mol. The molecule has 0 amide bonds. The van der Waals surface area contributed by atoms with Crippen molar-refractivity contribution >= 4 is 22.4 Å². The van der Waals surface area contributed by atoms with Crippen molar-refractivity contribution in [1.29, 1.82) is 0 Å². The lowest BCUT2D eigenvalue weighted by molar-refractivity contribution is 0.123. The zero-order valence-corrected chi connectivity index (χ0v) is 17.5. The van der Waals surface area contributed by atoms with Crippen molar-refractivity contribution in [2.45, 2.75) is 13.5 Å². The number of rotatable bonds is 5. The molecular formula is C24H25N5O2. The summed E-state index contributed by atoms with van der Waals surface area (Å²) in [5.74, 6) is 0. The number of hydrogen-bond donors (Lipinski definition) is 2. The number of H-pyrrole nitrogens is 1. The second kappa shape index (κ2) is 8.28. The van der Waals surface area contributed by atoms with Crippen LogP contribution in [0.1, 0.15) is 11.3 Å². The summed E-state index contributed by atoms with van der Waals surface area (Å²) in [5, 5.41) is 9.05. The van der Waals surface area contributed by atoms with Crippen LogP contribution in [0.2, 0.25) is 0 Å². The van der Waals surface area contributed by atoms with Gasteiger partial charge in [0.25, 0.3) is 5.56 Å². The summed E-state index contributed by atoms with van der Waals surface area (Å²) in [4.78, 5) is 18.2. The number of ether oxygens (including phenoxy) is 1. The zero-order valence-electron chi connectivity index (χ0n) is 17.5. The molecule has 0 spiro atoms. The highest BCUT2D eigenvalue weighted by molar-refractivity contribution is 5.80. The number of benzene rings is 2. The number of pyridine rings is 1. The molecule has 0 atom stereocenters. The predicted octanol–water partition coefficient (Wildman–Crippen LogP) is 3.47. The Balaban J connectivity index is 1.44. The van der Waals surface area contributed by atoms with Crippen LogP contribution >= 0.6 is 0 Å². The lowest BCUT2D eigenvalue weighted by atomic mass is 10.2. The number of fused-ring (bicyclic) bond motifs is 1. The molecule has 0 radical (unpaired) electrons. The van der Waals surface area contributed by atoms with Crippen LogP contribution in [-0.2, 0) is 11.3 Å². The first-order valence-corrected chi connectivity index (χ1v) is 10.5. The quantitative estimate of drug-likeness (QED) is 0.522. The van der Waals surface area contributed by atoms with Crippen molar-refractivity contribution in [3.63, 3.8) is 0 Å². The van der Waals surface area contributed by atoms with Crippen LogP contribution in [0.25, 0.3) is 16.7 Å². The Morgan fingerprint density at radius 2 is 1.81 bits per heavy atom. The fourth-order valence-corrected chi connectivity index (χ4v) is 4.04. The van der Waals surface area contributed by atoms with E-state index in [0.717, 1.165) is 54.4 Å². The van der Waals surface area contributed by atoms with Crippen molar-refractivity contribution in [1.82, 2.24) is 14.8 Å². The minimum atomic E-state index is -0.110. The first-order valence-electron chi connectivity index (χ1n) is 10.5. The maximum atomic E-state index is 12.9. The number of morpholine rings is 1. The Morgan fingerprint density at radius 1 is 1.06 bits per heavy atom. The van der Waals surface area contributed by atoms with Gasteiger partial charge in [0.1, 0.15) is 5.65 Å². The van der Waals surface area contributed by atoms with Gasteiger partial charge in [-0.25, -0.2) is 4.68 Å². The van der Waals surface area contributed by atoms with Crippen LogP contribution in [0.15, 0.2) is 65.5 Å². The number of aromatic nitrogens is 3. The Kier molecular flexibility index (Phi) is 5.18. The molecule has 3 heterocycles. The Morgan fingerprint density at radius 3 is 2.61 bits per heavy atom. The first kappa shape index (κ1) is 19.4. The van der Waals surface area contributed by atoms with E-state index in [-0.39, 0.29) is 5.56 Å². The Labute approximate surface area is 180 Å². The van der Waals surface area contributed by atoms with Crippen LogP contribution in [0.3, 0.4) is 0 Å². The van der Waals surface area contributed by atoms with E-state index in [9.17, 15) is 4.79 Å². The van der Waals surface area contributed by atoms with E-state index in [0.29, 0.717) is 17.8 Å². The molecule has 4 aromatic rings. The molecular weight excluding hydrogens is 390 g/mol. The van der Waals surface area contributed by atoms with Crippen LogP contribution in [-0.4, -0.2) is 41.1 Å². The number of anilines is 2. The topological polar surface area (TPSA) is 75.2 Å². The zero-order chi connectivity index (χ0) is 21.2. The van der Waals surface area contributed by atoms with E-state index in [1.807, 2.05) is 55.5 Å². The average Bonchev–Trinajstić information content (AvgIpc) is 3.14. The summed E-state index contributed by atoms with van der Waals surface area (Å²) in [6.07, 6.45) is 0. The average molecular weight is 415 g/mol. The van der Waals surface area contributed by atoms with E-state index in [1.54, 1.807) is 4.68 Å².